The molecule has 0 saturated carbocycles. The Kier molecular flexibility index (Phi) is 6.13. The molecule has 1 atom stereocenters. The number of nitrogens with one attached hydrogen (secondary N) is 1. The molecule has 3 heteroatoms. The lowest BCUT2D eigenvalue weighted by molar-refractivity contribution is 0.378. The monoisotopic (exact) mass is 249 g/mol. The maximum atomic E-state index is 5.95. The first kappa shape index (κ1) is 15.0. The fourth-order valence-corrected chi connectivity index (χ4v) is 2.24. The lowest BCUT2D eigenvalue weighted by Gasteiger charge is -2.23. The predicted octanol–water partition coefficient (Wildman–Crippen LogP) is 2.93. The standard InChI is InChI=1S/C15H27N3/c1-5-9-17-14(11(2)3)7-6-13-12(4)8-10-18-15(13)16/h8,10-11,14,17H,5-7,9H2,1-4H3,(H2,16,18). The summed E-state index contributed by atoms with van der Waals surface area (Å²) < 4.78 is 0. The number of aromatic nitrogens is 1. The Morgan fingerprint density at radius 1 is 1.39 bits per heavy atom. The van der Waals surface area contributed by atoms with Crippen molar-refractivity contribution in [1.82, 2.24) is 10.3 Å². The second-order valence-electron chi connectivity index (χ2n) is 5.33. The Morgan fingerprint density at radius 2 is 2.11 bits per heavy atom. The van der Waals surface area contributed by atoms with Gasteiger partial charge in [0.2, 0.25) is 0 Å². The summed E-state index contributed by atoms with van der Waals surface area (Å²) in [4.78, 5) is 4.18. The molecule has 102 valence electrons. The molecule has 0 spiro atoms. The molecule has 0 bridgehead atoms. The Bertz CT molecular complexity index is 341. The Hall–Kier alpha value is -1.09. The molecular formula is C15H27N3. The molecule has 0 fully saturated rings. The molecule has 0 aliphatic heterocycles. The molecule has 0 aliphatic rings. The summed E-state index contributed by atoms with van der Waals surface area (Å²) in [6.07, 6.45) is 5.08. The van der Waals surface area contributed by atoms with Crippen LogP contribution in [-0.2, 0) is 6.42 Å². The summed E-state index contributed by atoms with van der Waals surface area (Å²) in [7, 11) is 0. The van der Waals surface area contributed by atoms with Gasteiger partial charge in [-0.3, -0.25) is 0 Å². The first-order chi connectivity index (χ1) is 8.56. The van der Waals surface area contributed by atoms with Crippen LogP contribution in [0.2, 0.25) is 0 Å². The van der Waals surface area contributed by atoms with Crippen molar-refractivity contribution in [3.05, 3.63) is 23.4 Å². The zero-order chi connectivity index (χ0) is 13.5. The maximum absolute atomic E-state index is 5.95. The van der Waals surface area contributed by atoms with Crippen LogP contribution < -0.4 is 11.1 Å². The molecule has 18 heavy (non-hydrogen) atoms. The molecule has 1 heterocycles. The van der Waals surface area contributed by atoms with Gasteiger partial charge in [0.25, 0.3) is 0 Å². The Balaban J connectivity index is 2.61. The van der Waals surface area contributed by atoms with E-state index in [2.05, 4.69) is 38.0 Å². The third-order valence-electron chi connectivity index (χ3n) is 3.49. The summed E-state index contributed by atoms with van der Waals surface area (Å²) in [5, 5.41) is 3.62. The van der Waals surface area contributed by atoms with Crippen molar-refractivity contribution in [2.45, 2.75) is 53.0 Å². The minimum Gasteiger partial charge on any atom is -0.383 e. The van der Waals surface area contributed by atoms with Gasteiger partial charge >= 0.3 is 0 Å². The molecule has 1 aromatic rings. The smallest absolute Gasteiger partial charge is 0.126 e. The molecule has 0 aromatic carbocycles. The van der Waals surface area contributed by atoms with Crippen molar-refractivity contribution in [2.75, 3.05) is 12.3 Å². The number of hydrogen-bond acceptors (Lipinski definition) is 3. The van der Waals surface area contributed by atoms with Crippen LogP contribution in [0.5, 0.6) is 0 Å². The average molecular weight is 249 g/mol. The fourth-order valence-electron chi connectivity index (χ4n) is 2.24. The van der Waals surface area contributed by atoms with Gasteiger partial charge in [0.05, 0.1) is 0 Å². The maximum Gasteiger partial charge on any atom is 0.126 e. The number of nitrogens with zero attached hydrogens (tertiary/aromatic N) is 1. The molecule has 1 unspecified atom stereocenters. The normalized spacial score (nSPS) is 12.9. The van der Waals surface area contributed by atoms with Crippen molar-refractivity contribution in [1.29, 1.82) is 0 Å². The van der Waals surface area contributed by atoms with Crippen molar-refractivity contribution in [2.24, 2.45) is 5.92 Å². The molecular weight excluding hydrogens is 222 g/mol. The number of rotatable bonds is 7. The van der Waals surface area contributed by atoms with Crippen LogP contribution in [-0.4, -0.2) is 17.6 Å². The van der Waals surface area contributed by atoms with E-state index in [-0.39, 0.29) is 0 Å². The average Bonchev–Trinajstić information content (AvgIpc) is 2.31. The second kappa shape index (κ2) is 7.37. The van der Waals surface area contributed by atoms with Crippen molar-refractivity contribution in [3.63, 3.8) is 0 Å². The molecule has 0 saturated heterocycles. The van der Waals surface area contributed by atoms with Crippen LogP contribution in [0.3, 0.4) is 0 Å². The Morgan fingerprint density at radius 3 is 2.67 bits per heavy atom. The van der Waals surface area contributed by atoms with Gasteiger partial charge < -0.3 is 11.1 Å². The topological polar surface area (TPSA) is 50.9 Å². The summed E-state index contributed by atoms with van der Waals surface area (Å²) >= 11 is 0. The summed E-state index contributed by atoms with van der Waals surface area (Å²) in [5.74, 6) is 1.34. The highest BCUT2D eigenvalue weighted by molar-refractivity contribution is 5.43. The highest BCUT2D eigenvalue weighted by Crippen LogP contribution is 2.18. The van der Waals surface area contributed by atoms with E-state index in [1.165, 1.54) is 17.5 Å². The highest BCUT2D eigenvalue weighted by atomic mass is 14.9. The van der Waals surface area contributed by atoms with Crippen molar-refractivity contribution < 1.29 is 0 Å². The summed E-state index contributed by atoms with van der Waals surface area (Å²) in [6, 6.07) is 2.60. The van der Waals surface area contributed by atoms with E-state index in [0.29, 0.717) is 17.8 Å². The minimum absolute atomic E-state index is 0.559. The van der Waals surface area contributed by atoms with E-state index >= 15 is 0 Å². The van der Waals surface area contributed by atoms with Gasteiger partial charge in [-0.05, 0) is 55.8 Å². The van der Waals surface area contributed by atoms with E-state index in [4.69, 9.17) is 5.73 Å². The van der Waals surface area contributed by atoms with E-state index in [9.17, 15) is 0 Å². The van der Waals surface area contributed by atoms with Crippen LogP contribution in [0, 0.1) is 12.8 Å². The minimum atomic E-state index is 0.559. The zero-order valence-corrected chi connectivity index (χ0v) is 12.2. The molecule has 0 radical (unpaired) electrons. The Labute approximate surface area is 111 Å². The molecule has 3 nitrogen and oxygen atoms in total. The van der Waals surface area contributed by atoms with E-state index < -0.39 is 0 Å². The van der Waals surface area contributed by atoms with Gasteiger partial charge in [0.15, 0.2) is 0 Å². The number of aryl methyl sites for hydroxylation is 1. The number of pyridine rings is 1. The van der Waals surface area contributed by atoms with Crippen LogP contribution in [0.1, 0.15) is 44.7 Å². The summed E-state index contributed by atoms with van der Waals surface area (Å²) in [5.41, 5.74) is 8.41. The number of nitrogen functional groups attached to an aromatic ring is 1. The first-order valence-corrected chi connectivity index (χ1v) is 6.99. The SMILES string of the molecule is CCCNC(CCc1c(C)ccnc1N)C(C)C. The second-order valence-corrected chi connectivity index (χ2v) is 5.33. The van der Waals surface area contributed by atoms with Gasteiger partial charge in [0.1, 0.15) is 5.82 Å². The number of nitrogens with two attached hydrogens (primary N) is 1. The number of hydrogen-bond donors (Lipinski definition) is 2. The molecule has 0 amide bonds. The van der Waals surface area contributed by atoms with Crippen molar-refractivity contribution >= 4 is 5.82 Å². The van der Waals surface area contributed by atoms with Crippen LogP contribution >= 0.6 is 0 Å². The van der Waals surface area contributed by atoms with Crippen LogP contribution in [0.25, 0.3) is 0 Å². The highest BCUT2D eigenvalue weighted by Gasteiger charge is 2.14. The number of anilines is 1. The summed E-state index contributed by atoms with van der Waals surface area (Å²) in [6.45, 7) is 9.94. The molecule has 3 N–H and O–H groups in total. The van der Waals surface area contributed by atoms with Gasteiger partial charge in [-0.25, -0.2) is 4.98 Å². The van der Waals surface area contributed by atoms with Gasteiger partial charge in [0, 0.05) is 12.2 Å². The van der Waals surface area contributed by atoms with E-state index in [0.717, 1.165) is 19.4 Å². The third-order valence-corrected chi connectivity index (χ3v) is 3.49. The molecule has 1 aromatic heterocycles. The predicted molar refractivity (Wildman–Crippen MR) is 78.6 cm³/mol. The quantitative estimate of drug-likeness (QED) is 0.781. The van der Waals surface area contributed by atoms with Crippen LogP contribution in [0.15, 0.2) is 12.3 Å². The zero-order valence-electron chi connectivity index (χ0n) is 12.2. The van der Waals surface area contributed by atoms with Gasteiger partial charge in [-0.1, -0.05) is 20.8 Å². The third kappa shape index (κ3) is 4.30. The van der Waals surface area contributed by atoms with Gasteiger partial charge in [-0.15, -0.1) is 0 Å². The largest absolute Gasteiger partial charge is 0.383 e. The molecule has 1 rings (SSSR count). The van der Waals surface area contributed by atoms with Crippen LogP contribution in [0.4, 0.5) is 5.82 Å². The van der Waals surface area contributed by atoms with E-state index in [1.807, 2.05) is 6.07 Å². The van der Waals surface area contributed by atoms with E-state index in [1.54, 1.807) is 6.20 Å². The van der Waals surface area contributed by atoms with Crippen molar-refractivity contribution in [3.8, 4) is 0 Å². The molecule has 0 aliphatic carbocycles. The fraction of sp³-hybridized carbons (Fsp3) is 0.667. The first-order valence-electron chi connectivity index (χ1n) is 6.99. The lowest BCUT2D eigenvalue weighted by Crippen LogP contribution is -2.34. The van der Waals surface area contributed by atoms with Gasteiger partial charge in [-0.2, -0.15) is 0 Å². The lowest BCUT2D eigenvalue weighted by atomic mass is 9.95.